The normalized spacial score (nSPS) is 12.5. The first kappa shape index (κ1) is 21.6. The molecule has 2 rings (SSSR count). The summed E-state index contributed by atoms with van der Waals surface area (Å²) in [7, 11) is -3.58. The molecule has 0 saturated heterocycles. The third-order valence-corrected chi connectivity index (χ3v) is 5.44. The molecule has 2 N–H and O–H groups in total. The molecule has 28 heavy (non-hydrogen) atoms. The van der Waals surface area contributed by atoms with Crippen LogP contribution in [0.25, 0.3) is 0 Å². The Hall–Kier alpha value is -2.71. The first-order valence-electron chi connectivity index (χ1n) is 8.79. The van der Waals surface area contributed by atoms with Gasteiger partial charge in [-0.3, -0.25) is 9.59 Å². The Morgan fingerprint density at radius 1 is 0.929 bits per heavy atom. The van der Waals surface area contributed by atoms with E-state index >= 15 is 0 Å². The number of benzene rings is 2. The molecule has 7 nitrogen and oxygen atoms in total. The van der Waals surface area contributed by atoms with E-state index in [9.17, 15) is 18.0 Å². The molecule has 0 saturated carbocycles. The van der Waals surface area contributed by atoms with E-state index in [0.29, 0.717) is 17.0 Å². The summed E-state index contributed by atoms with van der Waals surface area (Å²) < 4.78 is 32.3. The summed E-state index contributed by atoms with van der Waals surface area (Å²) >= 11 is 0. The van der Waals surface area contributed by atoms with Crippen molar-refractivity contribution in [1.29, 1.82) is 0 Å². The number of nitrogens with one attached hydrogen (secondary N) is 2. The van der Waals surface area contributed by atoms with Gasteiger partial charge in [0.05, 0.1) is 4.90 Å². The minimum Gasteiger partial charge on any atom is -0.481 e. The maximum absolute atomic E-state index is 12.3. The minimum atomic E-state index is -3.58. The number of amides is 1. The van der Waals surface area contributed by atoms with Crippen molar-refractivity contribution in [2.24, 2.45) is 0 Å². The molecular formula is C20H24N2O5S. The van der Waals surface area contributed by atoms with E-state index in [-0.39, 0.29) is 22.6 Å². The van der Waals surface area contributed by atoms with Crippen LogP contribution >= 0.6 is 0 Å². The van der Waals surface area contributed by atoms with Gasteiger partial charge in [0.25, 0.3) is 5.91 Å². The number of rotatable bonds is 8. The van der Waals surface area contributed by atoms with Crippen LogP contribution in [0.2, 0.25) is 0 Å². The Bertz CT molecular complexity index is 936. The summed E-state index contributed by atoms with van der Waals surface area (Å²) in [6, 6.07) is 12.2. The number of ketones is 1. The van der Waals surface area contributed by atoms with E-state index in [1.54, 1.807) is 45.0 Å². The van der Waals surface area contributed by atoms with Gasteiger partial charge in [-0.05, 0) is 76.2 Å². The average Bonchev–Trinajstić information content (AvgIpc) is 2.61. The number of hydrogen-bond acceptors (Lipinski definition) is 5. The molecule has 2 aromatic carbocycles. The van der Waals surface area contributed by atoms with Gasteiger partial charge < -0.3 is 10.1 Å². The summed E-state index contributed by atoms with van der Waals surface area (Å²) in [4.78, 5) is 23.7. The van der Waals surface area contributed by atoms with E-state index in [2.05, 4.69) is 10.0 Å². The second-order valence-electron chi connectivity index (χ2n) is 6.63. The molecule has 0 aliphatic carbocycles. The van der Waals surface area contributed by atoms with Crippen molar-refractivity contribution in [3.05, 3.63) is 54.1 Å². The van der Waals surface area contributed by atoms with Gasteiger partial charge in [-0.2, -0.15) is 0 Å². The van der Waals surface area contributed by atoms with Crippen molar-refractivity contribution in [3.63, 3.8) is 0 Å². The lowest BCUT2D eigenvalue weighted by molar-refractivity contribution is -0.122. The Morgan fingerprint density at radius 2 is 1.50 bits per heavy atom. The third-order valence-electron chi connectivity index (χ3n) is 3.77. The zero-order chi connectivity index (χ0) is 20.9. The lowest BCUT2D eigenvalue weighted by Crippen LogP contribution is -2.31. The number of Topliss-reactive ketones (excluding diaryl/α,β-unsaturated/α-hetero) is 1. The smallest absolute Gasteiger partial charge is 0.265 e. The van der Waals surface area contributed by atoms with Crippen LogP contribution in [0.5, 0.6) is 5.75 Å². The van der Waals surface area contributed by atoms with Gasteiger partial charge in [0.2, 0.25) is 10.0 Å². The summed E-state index contributed by atoms with van der Waals surface area (Å²) in [5.41, 5.74) is 1.02. The Kier molecular flexibility index (Phi) is 6.93. The van der Waals surface area contributed by atoms with Crippen molar-refractivity contribution in [3.8, 4) is 5.75 Å². The summed E-state index contributed by atoms with van der Waals surface area (Å²) in [5.74, 6) is 0.0341. The van der Waals surface area contributed by atoms with Crippen LogP contribution in [0.3, 0.4) is 0 Å². The lowest BCUT2D eigenvalue weighted by atomic mass is 10.1. The number of sulfonamides is 1. The monoisotopic (exact) mass is 404 g/mol. The molecule has 2 aromatic rings. The fourth-order valence-electron chi connectivity index (χ4n) is 2.37. The van der Waals surface area contributed by atoms with Crippen molar-refractivity contribution in [2.75, 3.05) is 5.32 Å². The Balaban J connectivity index is 1.99. The maximum atomic E-state index is 12.3. The summed E-state index contributed by atoms with van der Waals surface area (Å²) in [5, 5.41) is 2.68. The van der Waals surface area contributed by atoms with Gasteiger partial charge in [0, 0.05) is 17.3 Å². The summed E-state index contributed by atoms with van der Waals surface area (Å²) in [6.07, 6.45) is -0.783. The molecule has 0 aromatic heterocycles. The fourth-order valence-corrected chi connectivity index (χ4v) is 3.62. The largest absolute Gasteiger partial charge is 0.481 e. The number of carbonyl (C=O) groups excluding carboxylic acids is 2. The second kappa shape index (κ2) is 8.99. The minimum absolute atomic E-state index is 0.0496. The molecule has 150 valence electrons. The van der Waals surface area contributed by atoms with Gasteiger partial charge in [-0.1, -0.05) is 0 Å². The molecule has 0 aliphatic rings. The average molecular weight is 404 g/mol. The predicted octanol–water partition coefficient (Wildman–Crippen LogP) is 2.98. The van der Waals surface area contributed by atoms with Crippen LogP contribution in [0.1, 0.15) is 38.1 Å². The van der Waals surface area contributed by atoms with Gasteiger partial charge in [-0.15, -0.1) is 0 Å². The molecule has 0 aliphatic heterocycles. The van der Waals surface area contributed by atoms with Crippen LogP contribution in [-0.2, 0) is 14.8 Å². The zero-order valence-corrected chi connectivity index (χ0v) is 17.0. The van der Waals surface area contributed by atoms with Crippen LogP contribution in [0.15, 0.2) is 53.4 Å². The molecule has 0 radical (unpaired) electrons. The molecule has 0 heterocycles. The summed E-state index contributed by atoms with van der Waals surface area (Å²) in [6.45, 7) is 6.54. The molecule has 1 atom stereocenters. The first-order chi connectivity index (χ1) is 13.1. The SMILES string of the molecule is CC(=O)c1ccc(OC(C)C(=O)Nc2ccc(S(=O)(=O)NC(C)C)cc2)cc1. The predicted molar refractivity (Wildman–Crippen MR) is 107 cm³/mol. The van der Waals surface area contributed by atoms with Gasteiger partial charge in [0.1, 0.15) is 5.75 Å². The van der Waals surface area contributed by atoms with Crippen LogP contribution in [0.4, 0.5) is 5.69 Å². The highest BCUT2D eigenvalue weighted by molar-refractivity contribution is 7.89. The zero-order valence-electron chi connectivity index (χ0n) is 16.2. The molecule has 0 fully saturated rings. The number of hydrogen-bond donors (Lipinski definition) is 2. The van der Waals surface area contributed by atoms with Crippen molar-refractivity contribution >= 4 is 27.4 Å². The molecular weight excluding hydrogens is 380 g/mol. The van der Waals surface area contributed by atoms with E-state index in [1.807, 2.05) is 0 Å². The second-order valence-corrected chi connectivity index (χ2v) is 8.34. The number of ether oxygens (including phenoxy) is 1. The third kappa shape index (κ3) is 5.90. The van der Waals surface area contributed by atoms with Crippen molar-refractivity contribution in [1.82, 2.24) is 4.72 Å². The number of carbonyl (C=O) groups is 2. The maximum Gasteiger partial charge on any atom is 0.265 e. The van der Waals surface area contributed by atoms with E-state index < -0.39 is 16.1 Å². The molecule has 1 amide bonds. The van der Waals surface area contributed by atoms with Gasteiger partial charge in [-0.25, -0.2) is 13.1 Å². The fraction of sp³-hybridized carbons (Fsp3) is 0.300. The Morgan fingerprint density at radius 3 is 2.00 bits per heavy atom. The lowest BCUT2D eigenvalue weighted by Gasteiger charge is -2.15. The highest BCUT2D eigenvalue weighted by Gasteiger charge is 2.17. The van der Waals surface area contributed by atoms with Crippen LogP contribution in [-0.4, -0.2) is 32.3 Å². The van der Waals surface area contributed by atoms with Gasteiger partial charge in [0.15, 0.2) is 11.9 Å². The highest BCUT2D eigenvalue weighted by atomic mass is 32.2. The van der Waals surface area contributed by atoms with Crippen LogP contribution in [0, 0.1) is 0 Å². The topological polar surface area (TPSA) is 102 Å². The molecule has 0 bridgehead atoms. The van der Waals surface area contributed by atoms with E-state index in [0.717, 1.165) is 0 Å². The first-order valence-corrected chi connectivity index (χ1v) is 10.3. The van der Waals surface area contributed by atoms with E-state index in [4.69, 9.17) is 4.74 Å². The van der Waals surface area contributed by atoms with Crippen molar-refractivity contribution in [2.45, 2.75) is 44.7 Å². The molecule has 0 spiro atoms. The van der Waals surface area contributed by atoms with Crippen molar-refractivity contribution < 1.29 is 22.7 Å². The quantitative estimate of drug-likeness (QED) is 0.659. The van der Waals surface area contributed by atoms with Gasteiger partial charge >= 0.3 is 0 Å². The van der Waals surface area contributed by atoms with E-state index in [1.165, 1.54) is 31.2 Å². The molecule has 1 unspecified atom stereocenters. The van der Waals surface area contributed by atoms with Crippen LogP contribution < -0.4 is 14.8 Å². The molecule has 8 heteroatoms. The highest BCUT2D eigenvalue weighted by Crippen LogP contribution is 2.17. The Labute approximate surface area is 165 Å². The number of anilines is 1. The standard InChI is InChI=1S/C20H24N2O5S/c1-13(2)22-28(25,26)19-11-7-17(8-12-19)21-20(24)15(4)27-18-9-5-16(6-10-18)14(3)23/h5-13,15,22H,1-4H3,(H,21,24).